The number of amides is 1. The van der Waals surface area contributed by atoms with Gasteiger partial charge in [-0.05, 0) is 18.9 Å². The van der Waals surface area contributed by atoms with Gasteiger partial charge >= 0.3 is 0 Å². The Morgan fingerprint density at radius 1 is 1.53 bits per heavy atom. The zero-order valence-corrected chi connectivity index (χ0v) is 10.8. The molecule has 1 aromatic rings. The van der Waals surface area contributed by atoms with Gasteiger partial charge in [-0.15, -0.1) is 0 Å². The molecule has 2 N–H and O–H groups in total. The summed E-state index contributed by atoms with van der Waals surface area (Å²) >= 11 is 0. The van der Waals surface area contributed by atoms with E-state index in [1.807, 2.05) is 13.0 Å². The molecule has 0 spiro atoms. The lowest BCUT2D eigenvalue weighted by atomic mass is 10.0. The molecular weight excluding hydrogens is 246 g/mol. The molecule has 0 radical (unpaired) electrons. The molecule has 2 atom stereocenters. The van der Waals surface area contributed by atoms with Crippen LogP contribution < -0.4 is 10.6 Å². The Morgan fingerprint density at radius 2 is 2.32 bits per heavy atom. The van der Waals surface area contributed by atoms with Crippen molar-refractivity contribution in [1.29, 1.82) is 0 Å². The standard InChI is InChI=1S/C13H17N3O3/c1-9(15-11-5-6-13(17)14-8-11)10-3-2-4-12(7-10)16(18)19/h2-4,7,9,11,15H,5-6,8H2,1H3,(H,14,17). The molecule has 1 amide bonds. The second kappa shape index (κ2) is 5.79. The van der Waals surface area contributed by atoms with Gasteiger partial charge in [-0.3, -0.25) is 14.9 Å². The van der Waals surface area contributed by atoms with Crippen LogP contribution >= 0.6 is 0 Å². The van der Waals surface area contributed by atoms with Crippen molar-refractivity contribution in [3.05, 3.63) is 39.9 Å². The zero-order valence-electron chi connectivity index (χ0n) is 10.8. The van der Waals surface area contributed by atoms with E-state index >= 15 is 0 Å². The Bertz CT molecular complexity index is 480. The van der Waals surface area contributed by atoms with Crippen LogP contribution in [0.5, 0.6) is 0 Å². The normalized spacial score (nSPS) is 20.7. The minimum Gasteiger partial charge on any atom is -0.355 e. The van der Waals surface area contributed by atoms with Gasteiger partial charge in [-0.2, -0.15) is 0 Å². The van der Waals surface area contributed by atoms with Gasteiger partial charge in [0.15, 0.2) is 0 Å². The largest absolute Gasteiger partial charge is 0.355 e. The highest BCUT2D eigenvalue weighted by molar-refractivity contribution is 5.76. The fraction of sp³-hybridized carbons (Fsp3) is 0.462. The van der Waals surface area contributed by atoms with Gasteiger partial charge in [0.1, 0.15) is 0 Å². The average molecular weight is 263 g/mol. The lowest BCUT2D eigenvalue weighted by Gasteiger charge is -2.27. The third kappa shape index (κ3) is 3.51. The quantitative estimate of drug-likeness (QED) is 0.637. The van der Waals surface area contributed by atoms with Gasteiger partial charge in [-0.1, -0.05) is 12.1 Å². The molecule has 0 bridgehead atoms. The van der Waals surface area contributed by atoms with E-state index in [2.05, 4.69) is 10.6 Å². The van der Waals surface area contributed by atoms with E-state index in [1.54, 1.807) is 12.1 Å². The summed E-state index contributed by atoms with van der Waals surface area (Å²) < 4.78 is 0. The molecule has 1 saturated heterocycles. The molecule has 1 aliphatic heterocycles. The highest BCUT2D eigenvalue weighted by Gasteiger charge is 2.20. The van der Waals surface area contributed by atoms with Gasteiger partial charge in [0.2, 0.25) is 5.91 Å². The van der Waals surface area contributed by atoms with Crippen molar-refractivity contribution in [1.82, 2.24) is 10.6 Å². The summed E-state index contributed by atoms with van der Waals surface area (Å²) in [7, 11) is 0. The molecule has 2 unspecified atom stereocenters. The summed E-state index contributed by atoms with van der Waals surface area (Å²) in [5, 5.41) is 16.9. The van der Waals surface area contributed by atoms with Crippen LogP contribution in [0.15, 0.2) is 24.3 Å². The molecule has 0 saturated carbocycles. The first-order chi connectivity index (χ1) is 9.06. The van der Waals surface area contributed by atoms with Crippen LogP contribution in [0.25, 0.3) is 0 Å². The smallest absolute Gasteiger partial charge is 0.269 e. The van der Waals surface area contributed by atoms with Crippen molar-refractivity contribution in [2.75, 3.05) is 6.54 Å². The number of piperidine rings is 1. The van der Waals surface area contributed by atoms with E-state index in [4.69, 9.17) is 0 Å². The second-order valence-corrected chi connectivity index (χ2v) is 4.78. The van der Waals surface area contributed by atoms with Crippen LogP contribution in [-0.4, -0.2) is 23.4 Å². The molecule has 6 nitrogen and oxygen atoms in total. The summed E-state index contributed by atoms with van der Waals surface area (Å²) in [6, 6.07) is 6.85. The van der Waals surface area contributed by atoms with Crippen molar-refractivity contribution in [2.45, 2.75) is 31.8 Å². The van der Waals surface area contributed by atoms with Crippen LogP contribution in [-0.2, 0) is 4.79 Å². The number of benzene rings is 1. The third-order valence-corrected chi connectivity index (χ3v) is 3.33. The van der Waals surface area contributed by atoms with Crippen molar-refractivity contribution in [3.63, 3.8) is 0 Å². The maximum Gasteiger partial charge on any atom is 0.269 e. The Balaban J connectivity index is 1.99. The summed E-state index contributed by atoms with van der Waals surface area (Å²) in [6.45, 7) is 2.58. The number of nitrogens with zero attached hydrogens (tertiary/aromatic N) is 1. The Hall–Kier alpha value is -1.95. The number of hydrogen-bond donors (Lipinski definition) is 2. The molecule has 0 aromatic heterocycles. The van der Waals surface area contributed by atoms with Crippen LogP contribution in [0.2, 0.25) is 0 Å². The van der Waals surface area contributed by atoms with Crippen LogP contribution in [0.1, 0.15) is 31.4 Å². The molecule has 2 rings (SSSR count). The third-order valence-electron chi connectivity index (χ3n) is 3.33. The monoisotopic (exact) mass is 263 g/mol. The number of nitro groups is 1. The van der Waals surface area contributed by atoms with Gasteiger partial charge < -0.3 is 10.6 Å². The lowest BCUT2D eigenvalue weighted by molar-refractivity contribution is -0.384. The number of carbonyl (C=O) groups excluding carboxylic acids is 1. The average Bonchev–Trinajstić information content (AvgIpc) is 2.41. The summed E-state index contributed by atoms with van der Waals surface area (Å²) in [5.41, 5.74) is 0.981. The van der Waals surface area contributed by atoms with E-state index in [-0.39, 0.29) is 23.7 Å². The van der Waals surface area contributed by atoms with E-state index in [0.717, 1.165) is 12.0 Å². The lowest BCUT2D eigenvalue weighted by Crippen LogP contribution is -2.46. The number of nitrogens with one attached hydrogen (secondary N) is 2. The van der Waals surface area contributed by atoms with Gasteiger partial charge in [0, 0.05) is 37.2 Å². The SMILES string of the molecule is CC(NC1CCC(=O)NC1)c1cccc([N+](=O)[O-])c1. The van der Waals surface area contributed by atoms with Gasteiger partial charge in [0.25, 0.3) is 5.69 Å². The topological polar surface area (TPSA) is 84.3 Å². The van der Waals surface area contributed by atoms with Gasteiger partial charge in [0.05, 0.1) is 4.92 Å². The van der Waals surface area contributed by atoms with Crippen LogP contribution in [0, 0.1) is 10.1 Å². The fourth-order valence-electron chi connectivity index (χ4n) is 2.23. The molecule has 102 valence electrons. The second-order valence-electron chi connectivity index (χ2n) is 4.78. The number of hydrogen-bond acceptors (Lipinski definition) is 4. The number of rotatable bonds is 4. The van der Waals surface area contributed by atoms with Crippen molar-refractivity contribution < 1.29 is 9.72 Å². The fourth-order valence-corrected chi connectivity index (χ4v) is 2.23. The van der Waals surface area contributed by atoms with Crippen LogP contribution in [0.3, 0.4) is 0 Å². The Labute approximate surface area is 111 Å². The van der Waals surface area contributed by atoms with Crippen molar-refractivity contribution in [3.8, 4) is 0 Å². The molecular formula is C13H17N3O3. The van der Waals surface area contributed by atoms with Crippen molar-refractivity contribution in [2.24, 2.45) is 0 Å². The first kappa shape index (κ1) is 13.5. The van der Waals surface area contributed by atoms with E-state index < -0.39 is 4.92 Å². The maximum atomic E-state index is 11.1. The van der Waals surface area contributed by atoms with E-state index in [9.17, 15) is 14.9 Å². The predicted molar refractivity (Wildman–Crippen MR) is 70.7 cm³/mol. The Morgan fingerprint density at radius 3 is 2.95 bits per heavy atom. The predicted octanol–water partition coefficient (Wildman–Crippen LogP) is 1.52. The maximum absolute atomic E-state index is 11.1. The van der Waals surface area contributed by atoms with Crippen LogP contribution in [0.4, 0.5) is 5.69 Å². The summed E-state index contributed by atoms with van der Waals surface area (Å²) in [6.07, 6.45) is 1.32. The van der Waals surface area contributed by atoms with Gasteiger partial charge in [-0.25, -0.2) is 0 Å². The number of non-ortho nitro benzene ring substituents is 1. The number of nitro benzene ring substituents is 1. The van der Waals surface area contributed by atoms with E-state index in [1.165, 1.54) is 6.07 Å². The summed E-state index contributed by atoms with van der Waals surface area (Å²) in [4.78, 5) is 21.4. The first-order valence-corrected chi connectivity index (χ1v) is 6.33. The number of carbonyl (C=O) groups is 1. The molecule has 0 aliphatic carbocycles. The molecule has 1 aromatic carbocycles. The minimum absolute atomic E-state index is 0.0138. The highest BCUT2D eigenvalue weighted by Crippen LogP contribution is 2.20. The van der Waals surface area contributed by atoms with E-state index in [0.29, 0.717) is 13.0 Å². The first-order valence-electron chi connectivity index (χ1n) is 6.33. The molecule has 1 heterocycles. The highest BCUT2D eigenvalue weighted by atomic mass is 16.6. The molecule has 6 heteroatoms. The molecule has 1 aliphatic rings. The molecule has 1 fully saturated rings. The Kier molecular flexibility index (Phi) is 4.11. The minimum atomic E-state index is -0.392. The summed E-state index contributed by atoms with van der Waals surface area (Å²) in [5.74, 6) is 0.0843. The van der Waals surface area contributed by atoms with Crippen molar-refractivity contribution >= 4 is 11.6 Å². The molecule has 19 heavy (non-hydrogen) atoms. The zero-order chi connectivity index (χ0) is 13.8.